The molecule has 206 valence electrons. The van der Waals surface area contributed by atoms with Gasteiger partial charge in [-0.05, 0) is 69.2 Å². The van der Waals surface area contributed by atoms with Gasteiger partial charge in [-0.2, -0.15) is 0 Å². The number of aromatic nitrogens is 3. The summed E-state index contributed by atoms with van der Waals surface area (Å²) < 4.78 is 122. The topological polar surface area (TPSA) is 123 Å². The molecule has 0 saturated carbocycles. The lowest BCUT2D eigenvalue weighted by molar-refractivity contribution is -0.126. The molecule has 0 radical (unpaired) electrons. The molecule has 2 aliphatic rings. The molecule has 2 amide bonds. The fraction of sp³-hybridized carbons (Fsp3) is 0.429. The average molecular weight is 563 g/mol. The van der Waals surface area contributed by atoms with Crippen LogP contribution in [0, 0.1) is 6.85 Å². The number of pyridine rings is 1. The van der Waals surface area contributed by atoms with Crippen molar-refractivity contribution in [3.8, 4) is 5.75 Å². The Balaban J connectivity index is 1.73. The van der Waals surface area contributed by atoms with Crippen molar-refractivity contribution in [1.82, 2.24) is 19.4 Å². The highest BCUT2D eigenvalue weighted by atomic mass is 32.2. The molecule has 11 heteroatoms. The van der Waals surface area contributed by atoms with E-state index in [2.05, 4.69) is 21.9 Å². The maximum absolute atomic E-state index is 13.8. The third kappa shape index (κ3) is 5.98. The minimum absolute atomic E-state index is 0.00878. The van der Waals surface area contributed by atoms with Gasteiger partial charge in [0.15, 0.2) is 9.84 Å². The highest BCUT2D eigenvalue weighted by Gasteiger charge is 2.30. The van der Waals surface area contributed by atoms with Crippen LogP contribution in [0.1, 0.15) is 69.3 Å². The second kappa shape index (κ2) is 11.2. The monoisotopic (exact) mass is 562 g/mol. The molecule has 0 spiro atoms. The molecular formula is C28H33N5O5S. The minimum Gasteiger partial charge on any atom is -0.488 e. The Morgan fingerprint density at radius 1 is 1.28 bits per heavy atom. The lowest BCUT2D eigenvalue weighted by Crippen LogP contribution is -2.34. The van der Waals surface area contributed by atoms with Crippen molar-refractivity contribution in [2.75, 3.05) is 29.9 Å². The summed E-state index contributed by atoms with van der Waals surface area (Å²) in [7, 11) is -4.11. The predicted molar refractivity (Wildman–Crippen MR) is 149 cm³/mol. The first-order valence-corrected chi connectivity index (χ1v) is 14.0. The number of amides is 2. The molecule has 2 aromatic heterocycles. The van der Waals surface area contributed by atoms with E-state index in [-0.39, 0.29) is 35.7 Å². The summed E-state index contributed by atoms with van der Waals surface area (Å²) in [6, 6.07) is -4.29. The van der Waals surface area contributed by atoms with Crippen LogP contribution < -0.4 is 10.1 Å². The molecule has 1 N–H and O–H groups in total. The fourth-order valence-corrected chi connectivity index (χ4v) is 5.83. The number of nitrogens with one attached hydrogen (secondary N) is 1. The van der Waals surface area contributed by atoms with Crippen molar-refractivity contribution < 1.29 is 37.8 Å². The third-order valence-electron chi connectivity index (χ3n) is 6.55. The molecule has 1 unspecified atom stereocenters. The summed E-state index contributed by atoms with van der Waals surface area (Å²) in [4.78, 5) is 36.0. The van der Waals surface area contributed by atoms with Crippen LogP contribution >= 0.6 is 0 Å². The zero-order valence-electron chi connectivity index (χ0n) is 31.8. The van der Waals surface area contributed by atoms with Crippen LogP contribution in [0.2, 0.25) is 0 Å². The number of likely N-dealkylation sites (tertiary alicyclic amines) is 1. The second-order valence-electron chi connectivity index (χ2n) is 9.19. The second-order valence-corrected chi connectivity index (χ2v) is 11.1. The number of para-hydroxylation sites is 1. The van der Waals surface area contributed by atoms with E-state index in [1.807, 2.05) is 0 Å². The number of carbonyl (C=O) groups excluding carboxylic acids is 2. The maximum Gasteiger partial charge on any atom is 0.258 e. The molecule has 4 heterocycles. The van der Waals surface area contributed by atoms with Gasteiger partial charge in [0, 0.05) is 37.4 Å². The SMILES string of the molecule is [2H]c1nc(C([2H])([2H])[2H])c([2H])c(C(=O)Nc2nc3c([2H])c([2H])c([2H])c(OC4CCS(=O)(=O)C([2H])([2H])C4)c3n2[C@@H]2CCCCN(C(=O)C=C)C2)c1[2H]. The van der Waals surface area contributed by atoms with Gasteiger partial charge in [-0.25, -0.2) is 13.4 Å². The van der Waals surface area contributed by atoms with Crippen LogP contribution in [-0.4, -0.2) is 70.3 Å². The Labute approximate surface area is 243 Å². The summed E-state index contributed by atoms with van der Waals surface area (Å²) >= 11 is 0. The first kappa shape index (κ1) is 16.4. The fourth-order valence-electron chi connectivity index (χ4n) is 4.67. The molecule has 2 fully saturated rings. The summed E-state index contributed by atoms with van der Waals surface area (Å²) in [5.41, 5.74) is -4.66. The smallest absolute Gasteiger partial charge is 0.258 e. The standard InChI is InChI=1S/C28H33N5O5S/c1-3-25(34)32-14-5-4-7-21(18-32)33-26-23(30-28(33)31-27(35)20-10-13-29-19(2)17-20)8-6-9-24(26)38-22-11-15-39(36,37)16-12-22/h3,6,8-10,13,17,21-22H,1,4-5,7,11-12,14-16,18H2,2H3,(H,30,31,35)/t21-/m1/s1/i2D3,6D,8D,9D,10D,13D,15D2,17D/t21-,22?. The number of rotatable bonds is 6. The highest BCUT2D eigenvalue weighted by Crippen LogP contribution is 2.36. The van der Waals surface area contributed by atoms with E-state index in [1.54, 1.807) is 0 Å². The predicted octanol–water partition coefficient (Wildman–Crippen LogP) is 3.69. The molecule has 1 aromatic carbocycles. The molecule has 2 aliphatic heterocycles. The van der Waals surface area contributed by atoms with E-state index < -0.39 is 106 Å². The molecule has 0 bridgehead atoms. The van der Waals surface area contributed by atoms with E-state index in [4.69, 9.17) is 19.8 Å². The zero-order chi connectivity index (χ0) is 37.1. The summed E-state index contributed by atoms with van der Waals surface area (Å²) in [5, 5.41) is 2.45. The third-order valence-corrected chi connectivity index (χ3v) is 7.93. The van der Waals surface area contributed by atoms with Gasteiger partial charge in [-0.15, -0.1) is 0 Å². The number of hydrogen-bond donors (Lipinski definition) is 1. The number of fused-ring (bicyclic) bond motifs is 1. The van der Waals surface area contributed by atoms with Gasteiger partial charge in [0.05, 0.1) is 31.2 Å². The van der Waals surface area contributed by atoms with Crippen LogP contribution in [-0.2, 0) is 14.6 Å². The molecule has 2 saturated heterocycles. The van der Waals surface area contributed by atoms with E-state index in [0.29, 0.717) is 25.8 Å². The van der Waals surface area contributed by atoms with Crippen LogP contribution in [0.4, 0.5) is 5.95 Å². The van der Waals surface area contributed by atoms with Gasteiger partial charge in [0.25, 0.3) is 5.91 Å². The summed E-state index contributed by atoms with van der Waals surface area (Å²) in [5.74, 6) is -2.86. The minimum atomic E-state index is -4.11. The number of sulfone groups is 1. The number of carbonyl (C=O) groups is 2. The zero-order valence-corrected chi connectivity index (χ0v) is 21.7. The van der Waals surface area contributed by atoms with Crippen molar-refractivity contribution in [1.29, 1.82) is 0 Å². The van der Waals surface area contributed by atoms with Gasteiger partial charge in [0.1, 0.15) is 17.4 Å². The van der Waals surface area contributed by atoms with Crippen LogP contribution in [0.3, 0.4) is 0 Å². The van der Waals surface area contributed by atoms with Gasteiger partial charge >= 0.3 is 0 Å². The molecule has 5 rings (SSSR count). The van der Waals surface area contributed by atoms with Crippen molar-refractivity contribution in [3.05, 3.63) is 60.3 Å². The molecule has 10 nitrogen and oxygen atoms in total. The van der Waals surface area contributed by atoms with Gasteiger partial charge < -0.3 is 14.2 Å². The summed E-state index contributed by atoms with van der Waals surface area (Å²) in [6.45, 7) is 0.906. The molecular weight excluding hydrogens is 518 g/mol. The maximum atomic E-state index is 13.8. The number of imidazole rings is 1. The Hall–Kier alpha value is -3.73. The Morgan fingerprint density at radius 3 is 2.95 bits per heavy atom. The highest BCUT2D eigenvalue weighted by molar-refractivity contribution is 7.91. The average Bonchev–Trinajstić information content (AvgIpc) is 3.21. The number of benzene rings is 1. The lowest BCUT2D eigenvalue weighted by Gasteiger charge is -2.27. The van der Waals surface area contributed by atoms with Gasteiger partial charge in [-0.3, -0.25) is 19.9 Å². The first-order chi connectivity index (χ1) is 23.2. The van der Waals surface area contributed by atoms with Crippen LogP contribution in [0.25, 0.3) is 11.0 Å². The van der Waals surface area contributed by atoms with Gasteiger partial charge in [-0.1, -0.05) is 12.6 Å². The Bertz CT molecular complexity index is 2020. The normalized spacial score (nSPS) is 26.9. The summed E-state index contributed by atoms with van der Waals surface area (Å²) in [6.07, 6.45) is -0.100. The first-order valence-electron chi connectivity index (χ1n) is 17.8. The van der Waals surface area contributed by atoms with Crippen molar-refractivity contribution >= 4 is 38.6 Å². The van der Waals surface area contributed by atoms with E-state index in [9.17, 15) is 18.0 Å². The van der Waals surface area contributed by atoms with Gasteiger partial charge in [0.2, 0.25) is 11.9 Å². The number of anilines is 1. The molecule has 2 atom stereocenters. The number of nitrogens with zero attached hydrogens (tertiary/aromatic N) is 4. The Kier molecular flexibility index (Phi) is 4.70. The lowest BCUT2D eigenvalue weighted by atomic mass is 10.1. The van der Waals surface area contributed by atoms with E-state index in [1.165, 1.54) is 9.47 Å². The number of aryl methyl sites for hydroxylation is 1. The van der Waals surface area contributed by atoms with Crippen LogP contribution in [0.15, 0.2) is 49.0 Å². The van der Waals surface area contributed by atoms with E-state index >= 15 is 0 Å². The molecule has 39 heavy (non-hydrogen) atoms. The van der Waals surface area contributed by atoms with Crippen LogP contribution in [0.5, 0.6) is 5.75 Å². The Morgan fingerprint density at radius 2 is 2.15 bits per heavy atom. The molecule has 0 aliphatic carbocycles. The quantitative estimate of drug-likeness (QED) is 0.455. The largest absolute Gasteiger partial charge is 0.488 e. The van der Waals surface area contributed by atoms with E-state index in [0.717, 1.165) is 6.08 Å². The van der Waals surface area contributed by atoms with Crippen molar-refractivity contribution in [2.24, 2.45) is 0 Å². The van der Waals surface area contributed by atoms with Crippen molar-refractivity contribution in [3.63, 3.8) is 0 Å². The number of ether oxygens (including phenoxy) is 1. The van der Waals surface area contributed by atoms with Crippen molar-refractivity contribution in [2.45, 2.75) is 51.1 Å². The number of hydrogen-bond acceptors (Lipinski definition) is 7. The molecule has 3 aromatic rings.